The van der Waals surface area contributed by atoms with E-state index in [0.717, 1.165) is 6.20 Å². The fourth-order valence-electron chi connectivity index (χ4n) is 3.04. The van der Waals surface area contributed by atoms with Crippen LogP contribution in [-0.4, -0.2) is 109 Å². The molecule has 1 aliphatic rings. The lowest BCUT2D eigenvalue weighted by Crippen LogP contribution is -2.61. The second kappa shape index (κ2) is 15.6. The first-order chi connectivity index (χ1) is 18.0. The summed E-state index contributed by atoms with van der Waals surface area (Å²) in [5.41, 5.74) is 15.2. The molecule has 19 heteroatoms. The molecule has 4 atom stereocenters. The maximum Gasteiger partial charge on any atom is 0.316 e. The van der Waals surface area contributed by atoms with Gasteiger partial charge in [-0.3, -0.25) is 29.0 Å². The third-order valence-electron chi connectivity index (χ3n) is 4.97. The lowest BCUT2D eigenvalue weighted by molar-refractivity contribution is -0.133. The standard InChI is InChI=1S/C19H33N11O8/c1-23-17(37)13(8-2-3-24-18(21)29-8)30-14(34)9(5-25-19(22)38)27-16(36)11(7-32)28-15(35)10(6-31)26-12(33)4-20/h5,8,10-11,13,31-32H,2-4,6-7,20H2,1H3,(H,23,37)(H,26,33)(H,27,36)(H,28,35)(H,30,34)(H3,21,24,29)(H3,22,25,38)/b9-5-/t8?,10-,11-,13-/m0/s1. The second-order valence-electron chi connectivity index (χ2n) is 7.68. The Kier molecular flexibility index (Phi) is 12.9. The van der Waals surface area contributed by atoms with Crippen LogP contribution in [0.2, 0.25) is 0 Å². The molecule has 0 aliphatic carbocycles. The summed E-state index contributed by atoms with van der Waals surface area (Å²) < 4.78 is 0. The van der Waals surface area contributed by atoms with E-state index in [0.29, 0.717) is 6.42 Å². The number of primary amides is 1. The van der Waals surface area contributed by atoms with Crippen LogP contribution in [0.3, 0.4) is 0 Å². The van der Waals surface area contributed by atoms with Crippen LogP contribution in [-0.2, 0) is 24.0 Å². The molecule has 0 aromatic rings. The summed E-state index contributed by atoms with van der Waals surface area (Å²) in [6.45, 7) is -2.02. The smallest absolute Gasteiger partial charge is 0.316 e. The lowest BCUT2D eigenvalue weighted by Gasteiger charge is -2.30. The van der Waals surface area contributed by atoms with Crippen molar-refractivity contribution in [2.45, 2.75) is 30.6 Å². The van der Waals surface area contributed by atoms with Crippen LogP contribution in [0.25, 0.3) is 0 Å². The highest BCUT2D eigenvalue weighted by Gasteiger charge is 2.33. The number of carbonyl (C=O) groups is 6. The van der Waals surface area contributed by atoms with Crippen molar-refractivity contribution < 1.29 is 39.0 Å². The molecular weight excluding hydrogens is 510 g/mol. The number of carbonyl (C=O) groups excluding carboxylic acids is 6. The van der Waals surface area contributed by atoms with Crippen LogP contribution in [0.5, 0.6) is 0 Å². The molecule has 0 fully saturated rings. The number of aliphatic hydroxyl groups excluding tert-OH is 2. The Morgan fingerprint density at radius 2 is 1.68 bits per heavy atom. The van der Waals surface area contributed by atoms with E-state index in [2.05, 4.69) is 36.9 Å². The molecule has 38 heavy (non-hydrogen) atoms. The molecule has 1 heterocycles. The number of hydrogen-bond donors (Lipinski definition) is 12. The van der Waals surface area contributed by atoms with E-state index in [1.807, 2.05) is 5.32 Å². The van der Waals surface area contributed by atoms with E-state index in [1.54, 1.807) is 0 Å². The van der Waals surface area contributed by atoms with Gasteiger partial charge in [0.1, 0.15) is 23.8 Å². The zero-order valence-corrected chi connectivity index (χ0v) is 20.4. The minimum Gasteiger partial charge on any atom is -0.394 e. The van der Waals surface area contributed by atoms with Crippen LogP contribution < -0.4 is 54.4 Å². The quantitative estimate of drug-likeness (QED) is 0.0967. The molecule has 0 radical (unpaired) electrons. The summed E-state index contributed by atoms with van der Waals surface area (Å²) in [4.78, 5) is 77.1. The second-order valence-corrected chi connectivity index (χ2v) is 7.68. The number of amides is 7. The van der Waals surface area contributed by atoms with Crippen LogP contribution >= 0.6 is 0 Å². The van der Waals surface area contributed by atoms with E-state index in [4.69, 9.17) is 17.2 Å². The number of aliphatic hydroxyl groups is 2. The van der Waals surface area contributed by atoms with Crippen molar-refractivity contribution in [2.75, 3.05) is 33.4 Å². The van der Waals surface area contributed by atoms with Crippen molar-refractivity contribution in [3.8, 4) is 0 Å². The summed E-state index contributed by atoms with van der Waals surface area (Å²) in [5.74, 6) is -4.58. The Hall–Kier alpha value is -4.49. The molecule has 15 N–H and O–H groups in total. The first-order valence-electron chi connectivity index (χ1n) is 11.1. The van der Waals surface area contributed by atoms with Crippen LogP contribution in [0.15, 0.2) is 16.9 Å². The van der Waals surface area contributed by atoms with Crippen LogP contribution in [0.1, 0.15) is 6.42 Å². The van der Waals surface area contributed by atoms with Gasteiger partial charge in [-0.1, -0.05) is 0 Å². The molecule has 0 aromatic carbocycles. The average Bonchev–Trinajstić information content (AvgIpc) is 2.89. The molecule has 212 valence electrons. The van der Waals surface area contributed by atoms with Gasteiger partial charge in [-0.2, -0.15) is 0 Å². The van der Waals surface area contributed by atoms with Gasteiger partial charge >= 0.3 is 6.03 Å². The molecular formula is C19H33N11O8. The van der Waals surface area contributed by atoms with E-state index in [-0.39, 0.29) is 12.5 Å². The minimum absolute atomic E-state index is 0.0502. The van der Waals surface area contributed by atoms with Crippen LogP contribution in [0, 0.1) is 0 Å². The fraction of sp³-hybridized carbons (Fsp3) is 0.526. The highest BCUT2D eigenvalue weighted by Crippen LogP contribution is 2.06. The van der Waals surface area contributed by atoms with Crippen molar-refractivity contribution in [2.24, 2.45) is 22.2 Å². The Bertz CT molecular complexity index is 970. The fourth-order valence-corrected chi connectivity index (χ4v) is 3.04. The zero-order chi connectivity index (χ0) is 28.8. The summed E-state index contributed by atoms with van der Waals surface area (Å²) in [6.07, 6.45) is 1.05. The maximum atomic E-state index is 13.0. The van der Waals surface area contributed by atoms with Crippen molar-refractivity contribution in [3.05, 3.63) is 11.9 Å². The van der Waals surface area contributed by atoms with Crippen molar-refractivity contribution in [3.63, 3.8) is 0 Å². The van der Waals surface area contributed by atoms with Crippen molar-refractivity contribution in [1.29, 1.82) is 0 Å². The van der Waals surface area contributed by atoms with Gasteiger partial charge in [-0.05, 0) is 6.42 Å². The van der Waals surface area contributed by atoms with Crippen molar-refractivity contribution in [1.82, 2.24) is 37.2 Å². The highest BCUT2D eigenvalue weighted by atomic mass is 16.3. The van der Waals surface area contributed by atoms with Crippen LogP contribution in [0.4, 0.5) is 4.79 Å². The summed E-state index contributed by atoms with van der Waals surface area (Å²) in [5, 5.41) is 34.8. The van der Waals surface area contributed by atoms with Gasteiger partial charge in [0, 0.05) is 19.8 Å². The summed E-state index contributed by atoms with van der Waals surface area (Å²) in [7, 11) is 1.33. The number of nitrogens with one attached hydrogen (secondary N) is 7. The number of nitrogens with zero attached hydrogens (tertiary/aromatic N) is 1. The van der Waals surface area contributed by atoms with Gasteiger partial charge in [0.15, 0.2) is 5.96 Å². The lowest BCUT2D eigenvalue weighted by atomic mass is 10.0. The van der Waals surface area contributed by atoms with E-state index < -0.39 is 85.2 Å². The maximum absolute atomic E-state index is 13.0. The summed E-state index contributed by atoms with van der Waals surface area (Å²) in [6, 6.07) is -6.16. The largest absolute Gasteiger partial charge is 0.394 e. The first-order valence-corrected chi connectivity index (χ1v) is 11.1. The molecule has 1 unspecified atom stereocenters. The molecule has 0 spiro atoms. The molecule has 19 nitrogen and oxygen atoms in total. The van der Waals surface area contributed by atoms with Gasteiger partial charge in [0.2, 0.25) is 23.6 Å². The topological polar surface area (TPSA) is 318 Å². The van der Waals surface area contributed by atoms with E-state index in [1.165, 1.54) is 7.05 Å². The summed E-state index contributed by atoms with van der Waals surface area (Å²) >= 11 is 0. The third kappa shape index (κ3) is 9.87. The molecule has 7 amide bonds. The van der Waals surface area contributed by atoms with Gasteiger partial charge < -0.3 is 64.6 Å². The van der Waals surface area contributed by atoms with Gasteiger partial charge in [0.25, 0.3) is 5.91 Å². The first kappa shape index (κ1) is 31.5. The minimum atomic E-state index is -1.68. The molecule has 1 aliphatic heterocycles. The predicted octanol–water partition coefficient (Wildman–Crippen LogP) is -7.57. The number of guanidine groups is 1. The molecule has 0 bridgehead atoms. The Labute approximate surface area is 216 Å². The third-order valence-corrected chi connectivity index (χ3v) is 4.97. The average molecular weight is 544 g/mol. The SMILES string of the molecule is CNC(=O)[C@@H](NC(=O)/C(=C/NC(N)=O)NC(=O)[C@H](CO)NC(=O)[C@H](CO)NC(=O)CN)C1CCN=C(N)N1. The van der Waals surface area contributed by atoms with Gasteiger partial charge in [-0.25, -0.2) is 4.79 Å². The van der Waals surface area contributed by atoms with Crippen molar-refractivity contribution >= 4 is 41.5 Å². The Morgan fingerprint density at radius 1 is 1.05 bits per heavy atom. The Balaban J connectivity index is 3.07. The number of aliphatic imine (C=N–C) groups is 1. The molecule has 0 saturated heterocycles. The zero-order valence-electron chi connectivity index (χ0n) is 20.4. The molecule has 1 rings (SSSR count). The van der Waals surface area contributed by atoms with Gasteiger partial charge in [-0.15, -0.1) is 0 Å². The van der Waals surface area contributed by atoms with E-state index in [9.17, 15) is 39.0 Å². The number of rotatable bonds is 13. The Morgan fingerprint density at radius 3 is 2.21 bits per heavy atom. The predicted molar refractivity (Wildman–Crippen MR) is 130 cm³/mol. The monoisotopic (exact) mass is 543 g/mol. The number of nitrogens with two attached hydrogens (primary N) is 3. The number of urea groups is 1. The molecule has 0 aromatic heterocycles. The normalized spacial score (nSPS) is 17.3. The van der Waals surface area contributed by atoms with E-state index >= 15 is 0 Å². The van der Waals surface area contributed by atoms with Gasteiger partial charge in [0.05, 0.1) is 25.8 Å². The number of hydrogen-bond acceptors (Lipinski definition) is 12. The molecule has 0 saturated carbocycles. The highest BCUT2D eigenvalue weighted by molar-refractivity contribution is 6.02. The number of likely N-dealkylation sites (N-methyl/N-ethyl adjacent to an activating group) is 1.